The molecular weight excluding hydrogens is 480 g/mol. The lowest BCUT2D eigenvalue weighted by atomic mass is 10.1. The number of Topliss-reactive ketones (excluding diaryl/α,β-unsaturated/α-hetero) is 1. The molecule has 0 saturated carbocycles. The molecule has 2 N–H and O–H groups in total. The molecule has 4 heterocycles. The zero-order chi connectivity index (χ0) is 25.6. The standard InChI is InChI=1S/C26H25ClN6O3/c1-14-13-32(25(35)17-7-5-4-6-8-17)9-10-33(14)26(36)23(34)19-12-28-21-18(11-20(27)31-22(19)21)24-29-15(2)16(3)30-24/h4-8,11-12,14,28H,9-10,13H2,1-3H3,(H,29,30)/t14-/m0/s1. The molecule has 0 spiro atoms. The molecule has 184 valence electrons. The monoisotopic (exact) mass is 504 g/mol. The van der Waals surface area contributed by atoms with E-state index >= 15 is 0 Å². The van der Waals surface area contributed by atoms with Crippen molar-refractivity contribution >= 4 is 40.2 Å². The number of H-pyrrole nitrogens is 2. The number of hydrogen-bond donors (Lipinski definition) is 2. The minimum absolute atomic E-state index is 0.0905. The Kier molecular flexibility index (Phi) is 6.09. The molecule has 0 radical (unpaired) electrons. The van der Waals surface area contributed by atoms with Crippen LogP contribution in [-0.2, 0) is 4.79 Å². The van der Waals surface area contributed by atoms with Gasteiger partial charge in [0.15, 0.2) is 0 Å². The molecular formula is C26H25ClN6O3. The summed E-state index contributed by atoms with van der Waals surface area (Å²) in [5.41, 5.74) is 4.05. The van der Waals surface area contributed by atoms with Crippen molar-refractivity contribution in [1.29, 1.82) is 0 Å². The highest BCUT2D eigenvalue weighted by molar-refractivity contribution is 6.45. The summed E-state index contributed by atoms with van der Waals surface area (Å²) in [6, 6.07) is 10.4. The number of nitrogens with one attached hydrogen (secondary N) is 2. The van der Waals surface area contributed by atoms with Gasteiger partial charge in [-0.05, 0) is 39.0 Å². The SMILES string of the molecule is Cc1nc(-c2cc(Cl)nc3c(C(=O)C(=O)N4CCN(C(=O)c5ccccc5)C[C@@H]4C)c[nH]c23)[nH]c1C. The lowest BCUT2D eigenvalue weighted by Gasteiger charge is -2.39. The van der Waals surface area contributed by atoms with Crippen molar-refractivity contribution in [2.75, 3.05) is 19.6 Å². The van der Waals surface area contributed by atoms with E-state index in [2.05, 4.69) is 19.9 Å². The summed E-state index contributed by atoms with van der Waals surface area (Å²) in [7, 11) is 0. The lowest BCUT2D eigenvalue weighted by molar-refractivity contribution is -0.130. The zero-order valence-electron chi connectivity index (χ0n) is 20.1. The Morgan fingerprint density at radius 2 is 1.83 bits per heavy atom. The van der Waals surface area contributed by atoms with Crippen LogP contribution in [0.25, 0.3) is 22.4 Å². The molecule has 1 aliphatic rings. The number of fused-ring (bicyclic) bond motifs is 1. The van der Waals surface area contributed by atoms with Gasteiger partial charge in [-0.1, -0.05) is 29.8 Å². The first-order valence-corrected chi connectivity index (χ1v) is 12.0. The van der Waals surface area contributed by atoms with Crippen molar-refractivity contribution in [1.82, 2.24) is 29.7 Å². The summed E-state index contributed by atoms with van der Waals surface area (Å²) in [6.07, 6.45) is 1.49. The average molecular weight is 505 g/mol. The molecule has 2 amide bonds. The number of carbonyl (C=O) groups excluding carboxylic acids is 3. The molecule has 5 rings (SSSR count). The Labute approximate surface area is 212 Å². The van der Waals surface area contributed by atoms with Crippen molar-refractivity contribution in [2.24, 2.45) is 0 Å². The molecule has 1 saturated heterocycles. The average Bonchev–Trinajstić information content (AvgIpc) is 3.45. The molecule has 0 aliphatic carbocycles. The highest BCUT2D eigenvalue weighted by Gasteiger charge is 2.34. The fraction of sp³-hybridized carbons (Fsp3) is 0.269. The van der Waals surface area contributed by atoms with Crippen molar-refractivity contribution in [3.63, 3.8) is 0 Å². The number of halogens is 1. The number of pyridine rings is 1. The third kappa shape index (κ3) is 4.15. The summed E-state index contributed by atoms with van der Waals surface area (Å²) >= 11 is 6.29. The van der Waals surface area contributed by atoms with Gasteiger partial charge in [-0.3, -0.25) is 14.4 Å². The number of piperazine rings is 1. The minimum Gasteiger partial charge on any atom is -0.358 e. The quantitative estimate of drug-likeness (QED) is 0.249. The van der Waals surface area contributed by atoms with E-state index in [4.69, 9.17) is 11.6 Å². The number of aromatic amines is 2. The van der Waals surface area contributed by atoms with Crippen molar-refractivity contribution in [2.45, 2.75) is 26.8 Å². The molecule has 0 bridgehead atoms. The van der Waals surface area contributed by atoms with Crippen molar-refractivity contribution < 1.29 is 14.4 Å². The Morgan fingerprint density at radius 1 is 1.08 bits per heavy atom. The maximum atomic E-state index is 13.3. The number of rotatable bonds is 4. The largest absolute Gasteiger partial charge is 0.358 e. The highest BCUT2D eigenvalue weighted by Crippen LogP contribution is 2.30. The molecule has 1 aliphatic heterocycles. The van der Waals surface area contributed by atoms with Crippen LogP contribution in [0.4, 0.5) is 0 Å². The summed E-state index contributed by atoms with van der Waals surface area (Å²) < 4.78 is 0. The van der Waals surface area contributed by atoms with Gasteiger partial charge in [0, 0.05) is 48.7 Å². The van der Waals surface area contributed by atoms with Gasteiger partial charge in [0.2, 0.25) is 0 Å². The number of amides is 2. The summed E-state index contributed by atoms with van der Waals surface area (Å²) in [5, 5.41) is 0.187. The Morgan fingerprint density at radius 3 is 2.50 bits per heavy atom. The van der Waals surface area contributed by atoms with Crippen LogP contribution < -0.4 is 0 Å². The minimum atomic E-state index is -0.677. The van der Waals surface area contributed by atoms with Gasteiger partial charge in [0.1, 0.15) is 16.5 Å². The van der Waals surface area contributed by atoms with E-state index in [1.54, 1.807) is 23.1 Å². The predicted octanol–water partition coefficient (Wildman–Crippen LogP) is 3.78. The molecule has 0 unspecified atom stereocenters. The van der Waals surface area contributed by atoms with E-state index in [0.29, 0.717) is 41.1 Å². The number of aryl methyl sites for hydroxylation is 2. The molecule has 36 heavy (non-hydrogen) atoms. The van der Waals surface area contributed by atoms with E-state index in [1.807, 2.05) is 39.0 Å². The Bertz CT molecular complexity index is 1470. The fourth-order valence-corrected chi connectivity index (χ4v) is 4.75. The third-order valence-corrected chi connectivity index (χ3v) is 6.82. The van der Waals surface area contributed by atoms with Crippen LogP contribution in [0.5, 0.6) is 0 Å². The fourth-order valence-electron chi connectivity index (χ4n) is 4.56. The zero-order valence-corrected chi connectivity index (χ0v) is 20.9. The molecule has 1 atom stereocenters. The van der Waals surface area contributed by atoms with Crippen LogP contribution in [0.15, 0.2) is 42.6 Å². The first kappa shape index (κ1) is 23.7. The first-order chi connectivity index (χ1) is 17.2. The number of aromatic nitrogens is 4. The highest BCUT2D eigenvalue weighted by atomic mass is 35.5. The first-order valence-electron chi connectivity index (χ1n) is 11.7. The molecule has 1 aromatic carbocycles. The van der Waals surface area contributed by atoms with Crippen molar-refractivity contribution in [3.05, 3.63) is 70.3 Å². The molecule has 10 heteroatoms. The molecule has 9 nitrogen and oxygen atoms in total. The smallest absolute Gasteiger partial charge is 0.295 e. The van der Waals surface area contributed by atoms with Gasteiger partial charge < -0.3 is 19.8 Å². The normalized spacial score (nSPS) is 15.9. The van der Waals surface area contributed by atoms with Gasteiger partial charge in [0.05, 0.1) is 16.8 Å². The summed E-state index contributed by atoms with van der Waals surface area (Å²) in [4.78, 5) is 57.8. The number of hydrogen-bond acceptors (Lipinski definition) is 5. The van der Waals surface area contributed by atoms with Crippen LogP contribution in [-0.4, -0.2) is 73.0 Å². The van der Waals surface area contributed by atoms with Gasteiger partial charge in [-0.2, -0.15) is 0 Å². The third-order valence-electron chi connectivity index (χ3n) is 6.62. The summed E-state index contributed by atoms with van der Waals surface area (Å²) in [5.74, 6) is -0.807. The lowest BCUT2D eigenvalue weighted by Crippen LogP contribution is -2.56. The van der Waals surface area contributed by atoms with E-state index in [9.17, 15) is 14.4 Å². The number of ketones is 1. The van der Waals surface area contributed by atoms with Crippen LogP contribution in [0.1, 0.15) is 39.0 Å². The van der Waals surface area contributed by atoms with Gasteiger partial charge in [0.25, 0.3) is 17.6 Å². The number of nitrogens with zero attached hydrogens (tertiary/aromatic N) is 4. The molecule has 4 aromatic rings. The molecule has 3 aromatic heterocycles. The van der Waals surface area contributed by atoms with Gasteiger partial charge in [-0.25, -0.2) is 9.97 Å². The van der Waals surface area contributed by atoms with E-state index in [1.165, 1.54) is 11.1 Å². The van der Waals surface area contributed by atoms with E-state index < -0.39 is 11.7 Å². The maximum absolute atomic E-state index is 13.3. The summed E-state index contributed by atoms with van der Waals surface area (Å²) in [6.45, 7) is 6.59. The maximum Gasteiger partial charge on any atom is 0.295 e. The van der Waals surface area contributed by atoms with E-state index in [-0.39, 0.29) is 29.2 Å². The second-order valence-electron chi connectivity index (χ2n) is 9.01. The number of carbonyl (C=O) groups is 3. The second kappa shape index (κ2) is 9.23. The molecule has 1 fully saturated rings. The second-order valence-corrected chi connectivity index (χ2v) is 9.40. The topological polar surface area (TPSA) is 115 Å². The van der Waals surface area contributed by atoms with Crippen LogP contribution in [0, 0.1) is 13.8 Å². The van der Waals surface area contributed by atoms with Gasteiger partial charge in [-0.15, -0.1) is 0 Å². The predicted molar refractivity (Wildman–Crippen MR) is 136 cm³/mol. The van der Waals surface area contributed by atoms with Crippen LogP contribution in [0.3, 0.4) is 0 Å². The number of imidazole rings is 1. The van der Waals surface area contributed by atoms with Gasteiger partial charge >= 0.3 is 0 Å². The Hall–Kier alpha value is -3.98. The van der Waals surface area contributed by atoms with Crippen LogP contribution >= 0.6 is 11.6 Å². The number of benzene rings is 1. The van der Waals surface area contributed by atoms with Crippen LogP contribution in [0.2, 0.25) is 5.15 Å². The van der Waals surface area contributed by atoms with Crippen molar-refractivity contribution in [3.8, 4) is 11.4 Å². The Balaban J connectivity index is 1.38. The van der Waals surface area contributed by atoms with E-state index in [0.717, 1.165) is 11.4 Å².